The molecule has 1 aromatic rings. The number of ether oxygens (including phenoxy) is 2. The fourth-order valence-corrected chi connectivity index (χ4v) is 7.42. The van der Waals surface area contributed by atoms with Crippen LogP contribution in [-0.2, 0) is 20.7 Å². The number of fused-ring (bicyclic) bond motifs is 5. The molecule has 5 aliphatic rings. The van der Waals surface area contributed by atoms with E-state index in [4.69, 9.17) is 14.5 Å². The molecule has 5 atom stereocenters. The number of nitrogens with zero attached hydrogens (tertiary/aromatic N) is 2. The number of rotatable bonds is 4. The Morgan fingerprint density at radius 2 is 2.00 bits per heavy atom. The number of methoxy groups -OCH3 is 1. The number of hydrogen-bond acceptors (Lipinski definition) is 4. The lowest BCUT2D eigenvalue weighted by Crippen LogP contribution is -2.54. The summed E-state index contributed by atoms with van der Waals surface area (Å²) < 4.78 is 12.3. The molecule has 5 nitrogen and oxygen atoms in total. The number of benzene rings is 1. The minimum atomic E-state index is -0.648. The van der Waals surface area contributed by atoms with Gasteiger partial charge in [-0.25, -0.2) is 0 Å². The maximum absolute atomic E-state index is 13.9. The number of carbonyl (C=O) groups excluding carboxylic acids is 1. The van der Waals surface area contributed by atoms with Gasteiger partial charge in [-0.2, -0.15) is 0 Å². The molecule has 0 radical (unpaired) electrons. The van der Waals surface area contributed by atoms with Gasteiger partial charge in [-0.05, 0) is 48.1 Å². The van der Waals surface area contributed by atoms with Crippen LogP contribution in [0.2, 0.25) is 0 Å². The van der Waals surface area contributed by atoms with Crippen LogP contribution in [0.3, 0.4) is 0 Å². The summed E-state index contributed by atoms with van der Waals surface area (Å²) in [4.78, 5) is 21.2. The Labute approximate surface area is 185 Å². The number of amides is 1. The topological polar surface area (TPSA) is 51.1 Å². The number of hydrogen-bond donors (Lipinski definition) is 0. The van der Waals surface area contributed by atoms with E-state index in [1.807, 2.05) is 4.90 Å². The third-order valence-corrected chi connectivity index (χ3v) is 9.09. The van der Waals surface area contributed by atoms with E-state index in [2.05, 4.69) is 31.2 Å². The summed E-state index contributed by atoms with van der Waals surface area (Å²) in [6.45, 7) is 3.45. The summed E-state index contributed by atoms with van der Waals surface area (Å²) in [5, 5.41) is 0. The Bertz CT molecular complexity index is 923. The minimum Gasteiger partial charge on any atom is -0.383 e. The molecule has 0 unspecified atom stereocenters. The second-order valence-electron chi connectivity index (χ2n) is 10.6. The van der Waals surface area contributed by atoms with Gasteiger partial charge in [0.05, 0.1) is 12.3 Å². The summed E-state index contributed by atoms with van der Waals surface area (Å²) in [5.41, 5.74) is 3.24. The molecule has 2 heterocycles. The van der Waals surface area contributed by atoms with Crippen molar-refractivity contribution in [2.24, 2.45) is 22.2 Å². The third-order valence-electron chi connectivity index (χ3n) is 9.09. The van der Waals surface area contributed by atoms with Gasteiger partial charge in [0.25, 0.3) is 0 Å². The molecule has 3 aliphatic carbocycles. The van der Waals surface area contributed by atoms with Gasteiger partial charge in [-0.15, -0.1) is 0 Å². The van der Waals surface area contributed by atoms with Crippen LogP contribution in [0.5, 0.6) is 0 Å². The molecule has 2 bridgehead atoms. The fraction of sp³-hybridized carbons (Fsp3) is 0.692. The van der Waals surface area contributed by atoms with Gasteiger partial charge >= 0.3 is 0 Å². The van der Waals surface area contributed by atoms with Crippen molar-refractivity contribution in [3.8, 4) is 0 Å². The van der Waals surface area contributed by atoms with E-state index < -0.39 is 5.72 Å². The van der Waals surface area contributed by atoms with Crippen molar-refractivity contribution in [1.82, 2.24) is 4.90 Å². The van der Waals surface area contributed by atoms with E-state index in [9.17, 15) is 4.79 Å². The van der Waals surface area contributed by atoms with E-state index >= 15 is 0 Å². The van der Waals surface area contributed by atoms with Crippen molar-refractivity contribution >= 4 is 11.6 Å². The van der Waals surface area contributed by atoms with Crippen LogP contribution in [0.25, 0.3) is 0 Å². The molecule has 0 N–H and O–H groups in total. The third kappa shape index (κ3) is 2.75. The molecule has 0 aromatic heterocycles. The lowest BCUT2D eigenvalue weighted by atomic mass is 9.67. The number of aliphatic imine (C=N–C) groups is 1. The molecule has 6 rings (SSSR count). The Kier molecular flexibility index (Phi) is 4.59. The predicted molar refractivity (Wildman–Crippen MR) is 119 cm³/mol. The highest BCUT2D eigenvalue weighted by molar-refractivity contribution is 6.02. The SMILES string of the molecule is COCCN1C(=O)[C@H]2C[C@@]13O[C@H](C1CCCCC1)N=C3C[C@@H]1c3ccccc3C[C@]21C. The highest BCUT2D eigenvalue weighted by Crippen LogP contribution is 2.62. The summed E-state index contributed by atoms with van der Waals surface area (Å²) in [7, 11) is 1.71. The first kappa shape index (κ1) is 19.9. The molecule has 3 fully saturated rings. The zero-order chi connectivity index (χ0) is 21.2. The summed E-state index contributed by atoms with van der Waals surface area (Å²) in [6.07, 6.45) is 8.78. The van der Waals surface area contributed by atoms with Gasteiger partial charge in [0.2, 0.25) is 5.91 Å². The van der Waals surface area contributed by atoms with Crippen LogP contribution in [0, 0.1) is 17.3 Å². The lowest BCUT2D eigenvalue weighted by Gasteiger charge is -2.39. The van der Waals surface area contributed by atoms with Crippen LogP contribution < -0.4 is 0 Å². The van der Waals surface area contributed by atoms with Crippen molar-refractivity contribution in [2.45, 2.75) is 76.2 Å². The minimum absolute atomic E-state index is 0.0282. The van der Waals surface area contributed by atoms with Crippen molar-refractivity contribution in [3.05, 3.63) is 35.4 Å². The first-order valence-corrected chi connectivity index (χ1v) is 12.2. The number of carbonyl (C=O) groups is 1. The lowest BCUT2D eigenvalue weighted by molar-refractivity contribution is -0.155. The smallest absolute Gasteiger partial charge is 0.229 e. The van der Waals surface area contributed by atoms with Crippen molar-refractivity contribution < 1.29 is 14.3 Å². The monoisotopic (exact) mass is 422 g/mol. The maximum atomic E-state index is 13.9. The Morgan fingerprint density at radius 1 is 1.19 bits per heavy atom. The molecule has 2 saturated carbocycles. The summed E-state index contributed by atoms with van der Waals surface area (Å²) in [5.74, 6) is 1.05. The molecule has 31 heavy (non-hydrogen) atoms. The second kappa shape index (κ2) is 7.14. The molecular formula is C26H34N2O3. The van der Waals surface area contributed by atoms with E-state index in [0.717, 1.165) is 25.0 Å². The first-order chi connectivity index (χ1) is 15.1. The van der Waals surface area contributed by atoms with E-state index in [-0.39, 0.29) is 23.5 Å². The highest BCUT2D eigenvalue weighted by atomic mass is 16.6. The molecule has 1 spiro atoms. The zero-order valence-electron chi connectivity index (χ0n) is 18.8. The Hall–Kier alpha value is -1.72. The Balaban J connectivity index is 1.43. The molecule has 1 saturated heterocycles. The average Bonchev–Trinajstić information content (AvgIpc) is 3.37. The average molecular weight is 423 g/mol. The zero-order valence-corrected chi connectivity index (χ0v) is 18.8. The second-order valence-corrected chi connectivity index (χ2v) is 10.6. The largest absolute Gasteiger partial charge is 0.383 e. The van der Waals surface area contributed by atoms with Crippen molar-refractivity contribution in [1.29, 1.82) is 0 Å². The van der Waals surface area contributed by atoms with E-state index in [0.29, 0.717) is 25.0 Å². The summed E-state index contributed by atoms with van der Waals surface area (Å²) in [6, 6.07) is 8.81. The first-order valence-electron chi connectivity index (χ1n) is 12.2. The van der Waals surface area contributed by atoms with E-state index in [1.165, 1.54) is 43.2 Å². The predicted octanol–water partition coefficient (Wildman–Crippen LogP) is 4.31. The van der Waals surface area contributed by atoms with Gasteiger partial charge in [0.15, 0.2) is 12.0 Å². The van der Waals surface area contributed by atoms with Crippen molar-refractivity contribution in [3.63, 3.8) is 0 Å². The highest BCUT2D eigenvalue weighted by Gasteiger charge is 2.67. The normalized spacial score (nSPS) is 39.2. The molecule has 5 heteroatoms. The van der Waals surface area contributed by atoms with Gasteiger partial charge in [0.1, 0.15) is 0 Å². The van der Waals surface area contributed by atoms with Gasteiger partial charge in [0, 0.05) is 31.9 Å². The van der Waals surface area contributed by atoms with E-state index in [1.54, 1.807) is 7.11 Å². The molecular weight excluding hydrogens is 388 g/mol. The Morgan fingerprint density at radius 3 is 2.81 bits per heavy atom. The van der Waals surface area contributed by atoms with Gasteiger partial charge < -0.3 is 14.4 Å². The van der Waals surface area contributed by atoms with Crippen LogP contribution >= 0.6 is 0 Å². The standard InChI is InChI=1S/C26H34N2O3/c1-25-15-18-10-6-7-11-19(18)20(25)14-22-26(16-21(25)24(29)28(26)12-13-30-2)31-23(27-22)17-8-4-3-5-9-17/h6-7,10-11,17,20-21,23H,3-5,8-9,12-16H2,1-2H3/t20-,21-,23-,25+,26+/m1/s1. The quantitative estimate of drug-likeness (QED) is 0.727. The van der Waals surface area contributed by atoms with Gasteiger partial charge in [-0.1, -0.05) is 50.5 Å². The van der Waals surface area contributed by atoms with Crippen LogP contribution in [0.4, 0.5) is 0 Å². The summed E-state index contributed by atoms with van der Waals surface area (Å²) >= 11 is 0. The fourth-order valence-electron chi connectivity index (χ4n) is 7.42. The molecule has 1 aromatic carbocycles. The maximum Gasteiger partial charge on any atom is 0.229 e. The molecule has 1 amide bonds. The molecule has 166 valence electrons. The van der Waals surface area contributed by atoms with Crippen LogP contribution in [0.1, 0.15) is 68.9 Å². The van der Waals surface area contributed by atoms with Crippen molar-refractivity contribution in [2.75, 3.05) is 20.3 Å². The van der Waals surface area contributed by atoms with Crippen LogP contribution in [-0.4, -0.2) is 48.7 Å². The van der Waals surface area contributed by atoms with Gasteiger partial charge in [-0.3, -0.25) is 9.79 Å². The van der Waals surface area contributed by atoms with Crippen LogP contribution in [0.15, 0.2) is 29.3 Å². The number of likely N-dealkylation sites (tertiary alicyclic amines) is 1. The molecule has 2 aliphatic heterocycles.